The molecule has 28 heavy (non-hydrogen) atoms. The number of nitrogens with zero attached hydrogens (tertiary/aromatic N) is 2. The molecule has 0 amide bonds. The molecule has 1 aliphatic heterocycles. The summed E-state index contributed by atoms with van der Waals surface area (Å²) >= 11 is 1.73. The number of rotatable bonds is 8. The number of aliphatic hydroxyl groups excluding tert-OH is 1. The number of hydrogen-bond acceptors (Lipinski definition) is 6. The number of anilines is 1. The largest absolute Gasteiger partial charge is 0.495 e. The van der Waals surface area contributed by atoms with Crippen molar-refractivity contribution in [1.29, 1.82) is 0 Å². The summed E-state index contributed by atoms with van der Waals surface area (Å²) < 4.78 is 11.3. The van der Waals surface area contributed by atoms with Crippen molar-refractivity contribution in [3.05, 3.63) is 48.0 Å². The Morgan fingerprint density at radius 1 is 1.11 bits per heavy atom. The highest BCUT2D eigenvalue weighted by atomic mass is 32.2. The Balaban J connectivity index is 1.45. The molecule has 3 rings (SSSR count). The van der Waals surface area contributed by atoms with Crippen molar-refractivity contribution < 1.29 is 14.6 Å². The highest BCUT2D eigenvalue weighted by molar-refractivity contribution is 7.98. The van der Waals surface area contributed by atoms with Crippen LogP contribution in [-0.2, 0) is 0 Å². The smallest absolute Gasteiger partial charge is 0.142 e. The second kappa shape index (κ2) is 10.0. The van der Waals surface area contributed by atoms with Gasteiger partial charge in [0, 0.05) is 37.6 Å². The first-order chi connectivity index (χ1) is 13.6. The van der Waals surface area contributed by atoms with Crippen molar-refractivity contribution >= 4 is 17.4 Å². The minimum Gasteiger partial charge on any atom is -0.495 e. The molecular formula is C22H30N2O3S. The lowest BCUT2D eigenvalue weighted by molar-refractivity contribution is 0.0662. The Bertz CT molecular complexity index is 763. The van der Waals surface area contributed by atoms with Crippen LogP contribution in [0.3, 0.4) is 0 Å². The fourth-order valence-corrected chi connectivity index (χ4v) is 4.13. The molecular weight excluding hydrogens is 372 g/mol. The monoisotopic (exact) mass is 402 g/mol. The standard InChI is InChI=1S/C22H30N2O3S/c1-17-14-19(8-9-22(17)28-3)27-16-18(25)15-23-10-12-24(13-11-23)20-6-4-5-7-21(20)26-2/h4-9,14,18,25H,10-13,15-16H2,1-3H3. The lowest BCUT2D eigenvalue weighted by Crippen LogP contribution is -2.49. The van der Waals surface area contributed by atoms with Crippen LogP contribution in [-0.4, -0.2) is 68.8 Å². The molecule has 2 aromatic carbocycles. The van der Waals surface area contributed by atoms with Crippen LogP contribution in [0.1, 0.15) is 5.56 Å². The van der Waals surface area contributed by atoms with Gasteiger partial charge in [0.25, 0.3) is 0 Å². The Labute approximate surface area is 172 Å². The van der Waals surface area contributed by atoms with E-state index >= 15 is 0 Å². The quantitative estimate of drug-likeness (QED) is 0.684. The lowest BCUT2D eigenvalue weighted by atomic mass is 10.2. The molecule has 0 bridgehead atoms. The Hall–Kier alpha value is -1.89. The van der Waals surface area contributed by atoms with Crippen molar-refractivity contribution in [3.63, 3.8) is 0 Å². The van der Waals surface area contributed by atoms with E-state index in [0.717, 1.165) is 43.4 Å². The Morgan fingerprint density at radius 3 is 2.54 bits per heavy atom. The molecule has 0 saturated carbocycles. The van der Waals surface area contributed by atoms with Gasteiger partial charge in [-0.15, -0.1) is 11.8 Å². The topological polar surface area (TPSA) is 45.2 Å². The highest BCUT2D eigenvalue weighted by Crippen LogP contribution is 2.28. The Morgan fingerprint density at radius 2 is 1.86 bits per heavy atom. The first-order valence-corrected chi connectivity index (χ1v) is 10.9. The second-order valence-electron chi connectivity index (χ2n) is 7.06. The number of β-amino-alcohol motifs (C(OH)–C–C–N with tert-alkyl or cyclic N) is 1. The van der Waals surface area contributed by atoms with E-state index in [-0.39, 0.29) is 0 Å². The van der Waals surface area contributed by atoms with Crippen LogP contribution in [0, 0.1) is 6.92 Å². The number of methoxy groups -OCH3 is 1. The zero-order chi connectivity index (χ0) is 19.9. The zero-order valence-electron chi connectivity index (χ0n) is 16.9. The molecule has 1 saturated heterocycles. The summed E-state index contributed by atoms with van der Waals surface area (Å²) in [6.45, 7) is 6.68. The summed E-state index contributed by atoms with van der Waals surface area (Å²) in [5.74, 6) is 1.72. The van der Waals surface area contributed by atoms with Crippen LogP contribution < -0.4 is 14.4 Å². The summed E-state index contributed by atoms with van der Waals surface area (Å²) in [6, 6.07) is 14.2. The number of hydrogen-bond donors (Lipinski definition) is 1. The summed E-state index contributed by atoms with van der Waals surface area (Å²) in [7, 11) is 1.71. The fraction of sp³-hybridized carbons (Fsp3) is 0.455. The molecule has 1 fully saturated rings. The van der Waals surface area contributed by atoms with E-state index in [1.54, 1.807) is 18.9 Å². The number of benzene rings is 2. The molecule has 0 radical (unpaired) electrons. The molecule has 0 aromatic heterocycles. The molecule has 6 heteroatoms. The molecule has 1 unspecified atom stereocenters. The van der Waals surface area contributed by atoms with Crippen molar-refractivity contribution in [1.82, 2.24) is 4.90 Å². The van der Waals surface area contributed by atoms with Crippen molar-refractivity contribution in [2.45, 2.75) is 17.9 Å². The minimum absolute atomic E-state index is 0.310. The number of para-hydroxylation sites is 2. The molecule has 0 aliphatic carbocycles. The van der Waals surface area contributed by atoms with Crippen molar-refractivity contribution in [2.75, 3.05) is 57.6 Å². The van der Waals surface area contributed by atoms with Crippen LogP contribution in [0.4, 0.5) is 5.69 Å². The van der Waals surface area contributed by atoms with E-state index in [9.17, 15) is 5.11 Å². The maximum atomic E-state index is 10.4. The molecule has 2 aromatic rings. The van der Waals surface area contributed by atoms with Gasteiger partial charge in [0.1, 0.15) is 24.2 Å². The summed E-state index contributed by atoms with van der Waals surface area (Å²) in [6.07, 6.45) is 1.57. The SMILES string of the molecule is COc1ccccc1N1CCN(CC(O)COc2ccc(SC)c(C)c2)CC1. The van der Waals surface area contributed by atoms with Gasteiger partial charge in [0.05, 0.1) is 12.8 Å². The first kappa shape index (κ1) is 20.8. The molecule has 5 nitrogen and oxygen atoms in total. The fourth-order valence-electron chi connectivity index (χ4n) is 3.55. The first-order valence-electron chi connectivity index (χ1n) is 9.66. The van der Waals surface area contributed by atoms with E-state index in [4.69, 9.17) is 9.47 Å². The van der Waals surface area contributed by atoms with Gasteiger partial charge in [0.15, 0.2) is 0 Å². The normalized spacial score (nSPS) is 16.1. The van der Waals surface area contributed by atoms with Gasteiger partial charge in [-0.2, -0.15) is 0 Å². The lowest BCUT2D eigenvalue weighted by Gasteiger charge is -2.37. The number of ether oxygens (including phenoxy) is 2. The summed E-state index contributed by atoms with van der Waals surface area (Å²) in [5.41, 5.74) is 2.34. The molecule has 1 N–H and O–H groups in total. The average molecular weight is 403 g/mol. The minimum atomic E-state index is -0.502. The van der Waals surface area contributed by atoms with Gasteiger partial charge in [0.2, 0.25) is 0 Å². The van der Waals surface area contributed by atoms with Gasteiger partial charge < -0.3 is 19.5 Å². The van der Waals surface area contributed by atoms with Gasteiger partial charge in [-0.3, -0.25) is 4.90 Å². The van der Waals surface area contributed by atoms with Crippen molar-refractivity contribution in [3.8, 4) is 11.5 Å². The third-order valence-corrected chi connectivity index (χ3v) is 5.97. The maximum Gasteiger partial charge on any atom is 0.142 e. The predicted molar refractivity (Wildman–Crippen MR) is 116 cm³/mol. The number of aliphatic hydroxyl groups is 1. The van der Waals surface area contributed by atoms with Gasteiger partial charge in [-0.05, 0) is 49.1 Å². The third-order valence-electron chi connectivity index (χ3n) is 5.08. The predicted octanol–water partition coefficient (Wildman–Crippen LogP) is 3.29. The highest BCUT2D eigenvalue weighted by Gasteiger charge is 2.21. The maximum absolute atomic E-state index is 10.4. The van der Waals surface area contributed by atoms with E-state index in [1.165, 1.54) is 10.5 Å². The van der Waals surface area contributed by atoms with Crippen LogP contribution in [0.15, 0.2) is 47.4 Å². The van der Waals surface area contributed by atoms with Gasteiger partial charge >= 0.3 is 0 Å². The number of piperazine rings is 1. The van der Waals surface area contributed by atoms with Gasteiger partial charge in [-0.1, -0.05) is 12.1 Å². The van der Waals surface area contributed by atoms with Crippen molar-refractivity contribution in [2.24, 2.45) is 0 Å². The van der Waals surface area contributed by atoms with Gasteiger partial charge in [-0.25, -0.2) is 0 Å². The van der Waals surface area contributed by atoms with E-state index < -0.39 is 6.10 Å². The van der Waals surface area contributed by atoms with Crippen LogP contribution in [0.5, 0.6) is 11.5 Å². The van der Waals surface area contributed by atoms with Crippen LogP contribution in [0.2, 0.25) is 0 Å². The molecule has 1 atom stereocenters. The average Bonchev–Trinajstić information content (AvgIpc) is 2.73. The summed E-state index contributed by atoms with van der Waals surface area (Å²) in [5, 5.41) is 10.4. The molecule has 0 spiro atoms. The number of thioether (sulfide) groups is 1. The Kier molecular flexibility index (Phi) is 7.48. The second-order valence-corrected chi connectivity index (χ2v) is 7.90. The summed E-state index contributed by atoms with van der Waals surface area (Å²) in [4.78, 5) is 5.89. The zero-order valence-corrected chi connectivity index (χ0v) is 17.7. The van der Waals surface area contributed by atoms with Crippen LogP contribution in [0.25, 0.3) is 0 Å². The van der Waals surface area contributed by atoms with E-state index in [2.05, 4.69) is 35.1 Å². The molecule has 152 valence electrons. The molecule has 1 aliphatic rings. The number of aryl methyl sites for hydroxylation is 1. The third kappa shape index (κ3) is 5.34. The van der Waals surface area contributed by atoms with E-state index in [1.807, 2.05) is 30.3 Å². The van der Waals surface area contributed by atoms with Crippen LogP contribution >= 0.6 is 11.8 Å². The van der Waals surface area contributed by atoms with E-state index in [0.29, 0.717) is 13.2 Å². The molecule has 1 heterocycles.